The Labute approximate surface area is 127 Å². The molecule has 3 aromatic heterocycles. The molecule has 3 aromatic rings. The Kier molecular flexibility index (Phi) is 3.85. The van der Waals surface area contributed by atoms with Crippen LogP contribution in [0.25, 0.3) is 5.78 Å². The third-order valence-corrected chi connectivity index (χ3v) is 4.32. The smallest absolute Gasteiger partial charge is 0.254 e. The summed E-state index contributed by atoms with van der Waals surface area (Å²) in [4.78, 5) is 12.0. The van der Waals surface area contributed by atoms with Crippen molar-refractivity contribution in [2.24, 2.45) is 0 Å². The summed E-state index contributed by atoms with van der Waals surface area (Å²) in [6, 6.07) is 6.56. The summed E-state index contributed by atoms with van der Waals surface area (Å²) in [6.45, 7) is 2.76. The van der Waals surface area contributed by atoms with Gasteiger partial charge in [-0.05, 0) is 32.5 Å². The van der Waals surface area contributed by atoms with Crippen molar-refractivity contribution in [3.05, 3.63) is 40.5 Å². The van der Waals surface area contributed by atoms with Crippen LogP contribution >= 0.6 is 11.3 Å². The Bertz CT molecular complexity index is 718. The number of aryl methyl sites for hydroxylation is 1. The third-order valence-electron chi connectivity index (χ3n) is 3.35. The average molecular weight is 302 g/mol. The van der Waals surface area contributed by atoms with Crippen molar-refractivity contribution in [2.45, 2.75) is 13.0 Å². The zero-order valence-electron chi connectivity index (χ0n) is 12.3. The Morgan fingerprint density at radius 1 is 1.43 bits per heavy atom. The van der Waals surface area contributed by atoms with Crippen molar-refractivity contribution in [3.63, 3.8) is 0 Å². The van der Waals surface area contributed by atoms with E-state index in [1.54, 1.807) is 15.9 Å². The maximum absolute atomic E-state index is 4.35. The molecule has 0 spiro atoms. The van der Waals surface area contributed by atoms with Gasteiger partial charge in [0.05, 0.1) is 6.04 Å². The van der Waals surface area contributed by atoms with Crippen LogP contribution in [0.1, 0.15) is 16.6 Å². The highest BCUT2D eigenvalue weighted by Gasteiger charge is 2.16. The largest absolute Gasteiger partial charge is 0.368 e. The van der Waals surface area contributed by atoms with Crippen LogP contribution in [0.5, 0.6) is 0 Å². The second-order valence-corrected chi connectivity index (χ2v) is 6.11. The first-order valence-electron chi connectivity index (χ1n) is 6.76. The number of hydrogen-bond acceptors (Lipinski definition) is 6. The van der Waals surface area contributed by atoms with E-state index in [-0.39, 0.29) is 0 Å². The average Bonchev–Trinajstić information content (AvgIpc) is 3.08. The van der Waals surface area contributed by atoms with Crippen LogP contribution in [-0.4, -0.2) is 45.1 Å². The van der Waals surface area contributed by atoms with Gasteiger partial charge in [-0.2, -0.15) is 14.6 Å². The minimum absolute atomic E-state index is 0.317. The summed E-state index contributed by atoms with van der Waals surface area (Å²) in [5.41, 5.74) is 0.926. The maximum atomic E-state index is 4.35. The van der Waals surface area contributed by atoms with Gasteiger partial charge in [0.25, 0.3) is 5.78 Å². The first kappa shape index (κ1) is 14.0. The molecule has 21 heavy (non-hydrogen) atoms. The molecule has 0 amide bonds. The third kappa shape index (κ3) is 2.88. The van der Waals surface area contributed by atoms with Gasteiger partial charge < -0.3 is 10.2 Å². The van der Waals surface area contributed by atoms with Gasteiger partial charge >= 0.3 is 0 Å². The lowest BCUT2D eigenvalue weighted by Gasteiger charge is -2.24. The van der Waals surface area contributed by atoms with Crippen LogP contribution in [0.2, 0.25) is 0 Å². The fraction of sp³-hybridized carbons (Fsp3) is 0.357. The Balaban J connectivity index is 1.83. The topological polar surface area (TPSA) is 58.4 Å². The van der Waals surface area contributed by atoms with Crippen LogP contribution < -0.4 is 5.32 Å². The second-order valence-electron chi connectivity index (χ2n) is 5.13. The number of rotatable bonds is 5. The highest BCUT2D eigenvalue weighted by molar-refractivity contribution is 7.10. The van der Waals surface area contributed by atoms with Crippen LogP contribution in [-0.2, 0) is 0 Å². The molecule has 0 radical (unpaired) electrons. The molecule has 0 aliphatic carbocycles. The van der Waals surface area contributed by atoms with Gasteiger partial charge in [-0.1, -0.05) is 6.07 Å². The lowest BCUT2D eigenvalue weighted by Crippen LogP contribution is -2.26. The van der Waals surface area contributed by atoms with E-state index in [4.69, 9.17) is 0 Å². The first-order chi connectivity index (χ1) is 10.1. The molecule has 7 heteroatoms. The molecular formula is C14H18N6S. The van der Waals surface area contributed by atoms with E-state index in [0.717, 1.165) is 18.1 Å². The zero-order valence-corrected chi connectivity index (χ0v) is 13.1. The Morgan fingerprint density at radius 2 is 2.29 bits per heavy atom. The molecule has 0 aliphatic rings. The number of nitrogens with one attached hydrogen (secondary N) is 1. The summed E-state index contributed by atoms with van der Waals surface area (Å²) in [5, 5.41) is 9.79. The fourth-order valence-electron chi connectivity index (χ4n) is 2.28. The van der Waals surface area contributed by atoms with Crippen molar-refractivity contribution in [1.82, 2.24) is 24.5 Å². The molecule has 1 N–H and O–H groups in total. The standard InChI is InChI=1S/C14H18N6S/c1-10-7-13(20-14(18-10)16-9-17-20)15-8-11(19(2)3)12-5-4-6-21-12/h4-7,9,11,15H,8H2,1-3H3. The maximum Gasteiger partial charge on any atom is 0.254 e. The summed E-state index contributed by atoms with van der Waals surface area (Å²) in [6.07, 6.45) is 1.52. The number of hydrogen-bond donors (Lipinski definition) is 1. The summed E-state index contributed by atoms with van der Waals surface area (Å²) >= 11 is 1.77. The van der Waals surface area contributed by atoms with Gasteiger partial charge in [0.1, 0.15) is 12.1 Å². The van der Waals surface area contributed by atoms with Crippen molar-refractivity contribution >= 4 is 22.9 Å². The van der Waals surface area contributed by atoms with E-state index >= 15 is 0 Å². The molecular weight excluding hydrogens is 284 g/mol. The van der Waals surface area contributed by atoms with E-state index in [1.807, 2.05) is 13.0 Å². The van der Waals surface area contributed by atoms with Crippen LogP contribution in [0.15, 0.2) is 29.9 Å². The molecule has 0 bridgehead atoms. The molecule has 1 unspecified atom stereocenters. The SMILES string of the molecule is Cc1cc(NCC(c2cccs2)N(C)C)n2ncnc2n1. The van der Waals surface area contributed by atoms with Crippen molar-refractivity contribution in [3.8, 4) is 0 Å². The first-order valence-corrected chi connectivity index (χ1v) is 7.64. The van der Waals surface area contributed by atoms with Crippen LogP contribution in [0.4, 0.5) is 5.82 Å². The molecule has 0 aliphatic heterocycles. The van der Waals surface area contributed by atoms with E-state index in [0.29, 0.717) is 11.8 Å². The van der Waals surface area contributed by atoms with Gasteiger partial charge in [-0.3, -0.25) is 0 Å². The van der Waals surface area contributed by atoms with Gasteiger partial charge in [0.2, 0.25) is 0 Å². The Hall–Kier alpha value is -1.99. The van der Waals surface area contributed by atoms with Gasteiger partial charge in [-0.25, -0.2) is 4.98 Å². The fourth-order valence-corrected chi connectivity index (χ4v) is 3.20. The molecule has 0 aromatic carbocycles. The van der Waals surface area contributed by atoms with Crippen molar-refractivity contribution < 1.29 is 0 Å². The van der Waals surface area contributed by atoms with Crippen molar-refractivity contribution in [2.75, 3.05) is 26.0 Å². The van der Waals surface area contributed by atoms with E-state index in [1.165, 1.54) is 11.2 Å². The van der Waals surface area contributed by atoms with Gasteiger partial charge in [0, 0.05) is 23.2 Å². The number of fused-ring (bicyclic) bond motifs is 1. The quantitative estimate of drug-likeness (QED) is 0.783. The highest BCUT2D eigenvalue weighted by Crippen LogP contribution is 2.23. The van der Waals surface area contributed by atoms with Crippen LogP contribution in [0.3, 0.4) is 0 Å². The number of thiophene rings is 1. The van der Waals surface area contributed by atoms with Crippen molar-refractivity contribution in [1.29, 1.82) is 0 Å². The molecule has 0 saturated heterocycles. The number of nitrogens with zero attached hydrogens (tertiary/aromatic N) is 5. The monoisotopic (exact) mass is 302 g/mol. The number of aromatic nitrogens is 4. The number of anilines is 1. The van der Waals surface area contributed by atoms with Crippen LogP contribution in [0, 0.1) is 6.92 Å². The van der Waals surface area contributed by atoms with E-state index < -0.39 is 0 Å². The lowest BCUT2D eigenvalue weighted by molar-refractivity contribution is 0.316. The van der Waals surface area contributed by atoms with Gasteiger partial charge in [-0.15, -0.1) is 11.3 Å². The molecule has 3 heterocycles. The predicted octanol–water partition coefficient (Wildman–Crippen LogP) is 2.21. The minimum atomic E-state index is 0.317. The molecule has 3 rings (SSSR count). The molecule has 6 nitrogen and oxygen atoms in total. The number of likely N-dealkylation sites (N-methyl/N-ethyl adjacent to an activating group) is 1. The molecule has 110 valence electrons. The summed E-state index contributed by atoms with van der Waals surface area (Å²) in [7, 11) is 4.18. The van der Waals surface area contributed by atoms with Gasteiger partial charge in [0.15, 0.2) is 0 Å². The predicted molar refractivity (Wildman–Crippen MR) is 84.8 cm³/mol. The van der Waals surface area contributed by atoms with E-state index in [2.05, 4.69) is 56.9 Å². The molecule has 0 fully saturated rings. The molecule has 0 saturated carbocycles. The van der Waals surface area contributed by atoms with E-state index in [9.17, 15) is 0 Å². The highest BCUT2D eigenvalue weighted by atomic mass is 32.1. The lowest BCUT2D eigenvalue weighted by atomic mass is 10.2. The summed E-state index contributed by atoms with van der Waals surface area (Å²) < 4.78 is 1.73. The summed E-state index contributed by atoms with van der Waals surface area (Å²) in [5.74, 6) is 1.54. The Morgan fingerprint density at radius 3 is 3.00 bits per heavy atom. The second kappa shape index (κ2) is 5.79. The molecule has 1 atom stereocenters. The normalized spacial score (nSPS) is 13.0. The minimum Gasteiger partial charge on any atom is -0.368 e. The zero-order chi connectivity index (χ0) is 14.8.